The van der Waals surface area contributed by atoms with Crippen LogP contribution in [-0.4, -0.2) is 30.1 Å². The van der Waals surface area contributed by atoms with Gasteiger partial charge in [0, 0.05) is 30.1 Å². The molecule has 2 N–H and O–H groups in total. The average Bonchev–Trinajstić information content (AvgIpc) is 2.73. The Morgan fingerprint density at radius 1 is 1.07 bits per heavy atom. The maximum Gasteiger partial charge on any atom is 0.274 e. The summed E-state index contributed by atoms with van der Waals surface area (Å²) < 4.78 is 24.1. The summed E-state index contributed by atoms with van der Waals surface area (Å²) in [4.78, 5) is 20.7. The third-order valence-corrected chi connectivity index (χ3v) is 3.92. The molecule has 0 aliphatic carbocycles. The number of benzene rings is 2. The van der Waals surface area contributed by atoms with Gasteiger partial charge in [-0.15, -0.1) is 0 Å². The van der Waals surface area contributed by atoms with Crippen LogP contribution in [0.5, 0.6) is 11.5 Å². The summed E-state index contributed by atoms with van der Waals surface area (Å²) in [6.07, 6.45) is 1.46. The molecule has 3 rings (SSSR count). The fraction of sp³-hybridized carbons (Fsp3) is 0.150. The van der Waals surface area contributed by atoms with E-state index in [9.17, 15) is 9.18 Å². The number of nitrogens with zero attached hydrogens (tertiary/aromatic N) is 2. The Kier molecular flexibility index (Phi) is 6.01. The van der Waals surface area contributed by atoms with E-state index < -0.39 is 5.91 Å². The van der Waals surface area contributed by atoms with Crippen LogP contribution in [-0.2, 0) is 6.54 Å². The first-order valence-corrected chi connectivity index (χ1v) is 8.44. The smallest absolute Gasteiger partial charge is 0.274 e. The van der Waals surface area contributed by atoms with Crippen molar-refractivity contribution in [1.29, 1.82) is 0 Å². The number of hydrogen-bond acceptors (Lipinski definition) is 6. The van der Waals surface area contributed by atoms with Crippen molar-refractivity contribution < 1.29 is 18.7 Å². The molecule has 0 aliphatic heterocycles. The second kappa shape index (κ2) is 8.81. The maximum absolute atomic E-state index is 13.7. The number of anilines is 2. The zero-order valence-electron chi connectivity index (χ0n) is 15.4. The molecule has 0 aliphatic rings. The topological polar surface area (TPSA) is 85.4 Å². The molecule has 2 aromatic carbocycles. The molecule has 0 spiro atoms. The molecule has 0 fully saturated rings. The van der Waals surface area contributed by atoms with E-state index in [4.69, 9.17) is 9.47 Å². The fourth-order valence-electron chi connectivity index (χ4n) is 2.50. The van der Waals surface area contributed by atoms with Gasteiger partial charge < -0.3 is 20.1 Å². The Hall–Kier alpha value is -3.68. The van der Waals surface area contributed by atoms with E-state index in [1.54, 1.807) is 36.4 Å². The third kappa shape index (κ3) is 4.53. The summed E-state index contributed by atoms with van der Waals surface area (Å²) in [5, 5.41) is 5.66. The van der Waals surface area contributed by atoms with Crippen LogP contribution in [0, 0.1) is 5.82 Å². The van der Waals surface area contributed by atoms with Gasteiger partial charge in [0.15, 0.2) is 11.5 Å². The monoisotopic (exact) mass is 382 g/mol. The summed E-state index contributed by atoms with van der Waals surface area (Å²) in [7, 11) is 3.05. The van der Waals surface area contributed by atoms with Crippen molar-refractivity contribution in [3.63, 3.8) is 0 Å². The van der Waals surface area contributed by atoms with Gasteiger partial charge in [0.1, 0.15) is 11.5 Å². The molecule has 28 heavy (non-hydrogen) atoms. The Morgan fingerprint density at radius 3 is 2.61 bits per heavy atom. The normalized spacial score (nSPS) is 10.2. The summed E-state index contributed by atoms with van der Waals surface area (Å²) >= 11 is 0. The van der Waals surface area contributed by atoms with Crippen LogP contribution in [0.25, 0.3) is 0 Å². The zero-order valence-corrected chi connectivity index (χ0v) is 15.4. The Bertz CT molecular complexity index is 981. The predicted octanol–water partition coefficient (Wildman–Crippen LogP) is 3.50. The molecule has 144 valence electrons. The number of halogens is 1. The molecule has 8 heteroatoms. The van der Waals surface area contributed by atoms with E-state index in [-0.39, 0.29) is 24.0 Å². The molecule has 0 atom stereocenters. The predicted molar refractivity (Wildman–Crippen MR) is 103 cm³/mol. The first kappa shape index (κ1) is 19.1. The van der Waals surface area contributed by atoms with Gasteiger partial charge in [-0.1, -0.05) is 18.2 Å². The van der Waals surface area contributed by atoms with Crippen molar-refractivity contribution in [2.75, 3.05) is 24.9 Å². The zero-order chi connectivity index (χ0) is 19.9. The van der Waals surface area contributed by atoms with E-state index in [0.29, 0.717) is 22.7 Å². The van der Waals surface area contributed by atoms with Crippen molar-refractivity contribution in [3.05, 3.63) is 71.8 Å². The quantitative estimate of drug-likeness (QED) is 0.651. The van der Waals surface area contributed by atoms with Crippen LogP contribution in [0.4, 0.5) is 16.0 Å². The molecule has 1 heterocycles. The van der Waals surface area contributed by atoms with Crippen molar-refractivity contribution in [1.82, 2.24) is 9.97 Å². The van der Waals surface area contributed by atoms with Crippen LogP contribution < -0.4 is 20.1 Å². The van der Waals surface area contributed by atoms with Crippen LogP contribution in [0.15, 0.2) is 54.7 Å². The Labute approximate surface area is 161 Å². The van der Waals surface area contributed by atoms with Crippen LogP contribution >= 0.6 is 0 Å². The minimum atomic E-state index is -0.413. The van der Waals surface area contributed by atoms with E-state index in [1.807, 2.05) is 0 Å². The average molecular weight is 382 g/mol. The highest BCUT2D eigenvalue weighted by Crippen LogP contribution is 2.29. The SMILES string of the molecule is COc1ccc(NC(=O)c2ccnc(NCc3ccccc3F)n2)cc1OC. The van der Waals surface area contributed by atoms with E-state index >= 15 is 0 Å². The van der Waals surface area contributed by atoms with Crippen molar-refractivity contribution in [2.24, 2.45) is 0 Å². The van der Waals surface area contributed by atoms with Gasteiger partial charge in [0.25, 0.3) is 5.91 Å². The lowest BCUT2D eigenvalue weighted by atomic mass is 10.2. The Morgan fingerprint density at radius 2 is 1.86 bits per heavy atom. The van der Waals surface area contributed by atoms with Gasteiger partial charge >= 0.3 is 0 Å². The lowest BCUT2D eigenvalue weighted by Gasteiger charge is -2.11. The molecule has 0 radical (unpaired) electrons. The van der Waals surface area contributed by atoms with Crippen LogP contribution in [0.2, 0.25) is 0 Å². The number of aromatic nitrogens is 2. The summed E-state index contributed by atoms with van der Waals surface area (Å²) in [6, 6.07) is 12.9. The van der Waals surface area contributed by atoms with Crippen LogP contribution in [0.1, 0.15) is 16.1 Å². The second-order valence-electron chi connectivity index (χ2n) is 5.73. The standard InChI is InChI=1S/C20H19FN4O3/c1-27-17-8-7-14(11-18(17)28-2)24-19(26)16-9-10-22-20(25-16)23-12-13-5-3-4-6-15(13)21/h3-11H,12H2,1-2H3,(H,24,26)(H,22,23,25). The lowest BCUT2D eigenvalue weighted by molar-refractivity contribution is 0.102. The third-order valence-electron chi connectivity index (χ3n) is 3.92. The maximum atomic E-state index is 13.7. The molecule has 0 bridgehead atoms. The molecule has 7 nitrogen and oxygen atoms in total. The van der Waals surface area contributed by atoms with Crippen molar-refractivity contribution in [2.45, 2.75) is 6.54 Å². The van der Waals surface area contributed by atoms with Crippen LogP contribution in [0.3, 0.4) is 0 Å². The molecule has 0 saturated carbocycles. The molecule has 0 unspecified atom stereocenters. The second-order valence-corrected chi connectivity index (χ2v) is 5.73. The number of carbonyl (C=O) groups excluding carboxylic acids is 1. The van der Waals surface area contributed by atoms with Gasteiger partial charge in [-0.2, -0.15) is 0 Å². The number of methoxy groups -OCH3 is 2. The minimum Gasteiger partial charge on any atom is -0.493 e. The van der Waals surface area contributed by atoms with Gasteiger partial charge in [-0.05, 0) is 24.3 Å². The summed E-state index contributed by atoms with van der Waals surface area (Å²) in [5.41, 5.74) is 1.18. The van der Waals surface area contributed by atoms with Gasteiger partial charge in [0.2, 0.25) is 5.95 Å². The molecular formula is C20H19FN4O3. The Balaban J connectivity index is 1.69. The summed E-state index contributed by atoms with van der Waals surface area (Å²) in [6.45, 7) is 0.202. The van der Waals surface area contributed by atoms with Gasteiger partial charge in [0.05, 0.1) is 14.2 Å². The van der Waals surface area contributed by atoms with E-state index in [2.05, 4.69) is 20.6 Å². The largest absolute Gasteiger partial charge is 0.493 e. The molecule has 3 aromatic rings. The highest BCUT2D eigenvalue weighted by Gasteiger charge is 2.12. The first-order valence-electron chi connectivity index (χ1n) is 8.44. The molecular weight excluding hydrogens is 363 g/mol. The highest BCUT2D eigenvalue weighted by molar-refractivity contribution is 6.03. The minimum absolute atomic E-state index is 0.167. The lowest BCUT2D eigenvalue weighted by Crippen LogP contribution is -2.15. The number of nitrogens with one attached hydrogen (secondary N) is 2. The number of carbonyl (C=O) groups is 1. The first-order chi connectivity index (χ1) is 13.6. The highest BCUT2D eigenvalue weighted by atomic mass is 19.1. The summed E-state index contributed by atoms with van der Waals surface area (Å²) in [5.74, 6) is 0.543. The van der Waals surface area contributed by atoms with E-state index in [0.717, 1.165) is 0 Å². The van der Waals surface area contributed by atoms with Crippen molar-refractivity contribution >= 4 is 17.5 Å². The fourth-order valence-corrected chi connectivity index (χ4v) is 2.50. The number of rotatable bonds is 7. The van der Waals surface area contributed by atoms with Crippen molar-refractivity contribution in [3.8, 4) is 11.5 Å². The molecule has 1 amide bonds. The number of ether oxygens (including phenoxy) is 2. The number of amides is 1. The number of hydrogen-bond donors (Lipinski definition) is 2. The van der Waals surface area contributed by atoms with E-state index in [1.165, 1.54) is 32.5 Å². The van der Waals surface area contributed by atoms with Gasteiger partial charge in [-0.25, -0.2) is 14.4 Å². The molecule has 1 aromatic heterocycles. The molecule has 0 saturated heterocycles. The van der Waals surface area contributed by atoms with Gasteiger partial charge in [-0.3, -0.25) is 4.79 Å².